The molecule has 0 atom stereocenters. The first-order valence-electron chi connectivity index (χ1n) is 9.72. The Morgan fingerprint density at radius 1 is 0.593 bits per heavy atom. The summed E-state index contributed by atoms with van der Waals surface area (Å²) in [7, 11) is 0. The molecule has 0 aliphatic heterocycles. The monoisotopic (exact) mass is 357 g/mol. The van der Waals surface area contributed by atoms with Gasteiger partial charge in [-0.25, -0.2) is 0 Å². The normalized spacial score (nSPS) is 12.1. The van der Waals surface area contributed by atoms with Crippen LogP contribution in [0.5, 0.6) is 0 Å². The third-order valence-corrected chi connectivity index (χ3v) is 5.00. The van der Waals surface area contributed by atoms with Gasteiger partial charge in [0, 0.05) is 16.9 Å². The summed E-state index contributed by atoms with van der Waals surface area (Å²) >= 11 is 0. The lowest BCUT2D eigenvalue weighted by molar-refractivity contribution is 0.590. The fourth-order valence-corrected chi connectivity index (χ4v) is 3.19. The van der Waals surface area contributed by atoms with Gasteiger partial charge < -0.3 is 5.32 Å². The van der Waals surface area contributed by atoms with E-state index in [0.29, 0.717) is 0 Å². The van der Waals surface area contributed by atoms with E-state index in [1.165, 1.54) is 22.3 Å². The van der Waals surface area contributed by atoms with E-state index < -0.39 is 0 Å². The SMILES string of the molecule is CC(C)(C)c1ccc(Nc2ccc(C(C)(C)C)cc2-c2ccccc2)cc1. The highest BCUT2D eigenvalue weighted by Crippen LogP contribution is 2.35. The minimum absolute atomic E-state index is 0.121. The minimum Gasteiger partial charge on any atom is -0.355 e. The van der Waals surface area contributed by atoms with Crippen molar-refractivity contribution in [3.63, 3.8) is 0 Å². The average Bonchev–Trinajstić information content (AvgIpc) is 2.61. The van der Waals surface area contributed by atoms with E-state index >= 15 is 0 Å². The van der Waals surface area contributed by atoms with Crippen LogP contribution >= 0.6 is 0 Å². The van der Waals surface area contributed by atoms with Gasteiger partial charge in [-0.05, 0) is 51.8 Å². The maximum Gasteiger partial charge on any atom is 0.0464 e. The van der Waals surface area contributed by atoms with Crippen molar-refractivity contribution in [2.24, 2.45) is 0 Å². The van der Waals surface area contributed by atoms with Crippen LogP contribution in [-0.4, -0.2) is 0 Å². The Labute approximate surface area is 164 Å². The summed E-state index contributed by atoms with van der Waals surface area (Å²) in [6.45, 7) is 13.5. The third-order valence-electron chi connectivity index (χ3n) is 5.00. The molecule has 3 rings (SSSR count). The van der Waals surface area contributed by atoms with Gasteiger partial charge in [0.15, 0.2) is 0 Å². The fraction of sp³-hybridized carbons (Fsp3) is 0.308. The smallest absolute Gasteiger partial charge is 0.0464 e. The first-order valence-corrected chi connectivity index (χ1v) is 9.72. The van der Waals surface area contributed by atoms with E-state index in [1.54, 1.807) is 0 Å². The lowest BCUT2D eigenvalue weighted by Crippen LogP contribution is -2.11. The van der Waals surface area contributed by atoms with Crippen molar-refractivity contribution in [2.45, 2.75) is 52.4 Å². The molecular weight excluding hydrogens is 326 g/mol. The zero-order valence-corrected chi connectivity index (χ0v) is 17.4. The molecule has 0 bridgehead atoms. The van der Waals surface area contributed by atoms with Crippen molar-refractivity contribution in [1.82, 2.24) is 0 Å². The second-order valence-corrected chi connectivity index (χ2v) is 9.33. The zero-order valence-electron chi connectivity index (χ0n) is 17.4. The fourth-order valence-electron chi connectivity index (χ4n) is 3.19. The molecule has 0 saturated heterocycles. The molecule has 3 aromatic carbocycles. The van der Waals surface area contributed by atoms with Gasteiger partial charge in [0.05, 0.1) is 0 Å². The van der Waals surface area contributed by atoms with Crippen LogP contribution in [0.4, 0.5) is 11.4 Å². The van der Waals surface area contributed by atoms with Crippen LogP contribution in [0.3, 0.4) is 0 Å². The molecule has 0 heterocycles. The average molecular weight is 358 g/mol. The molecule has 0 aromatic heterocycles. The molecular formula is C26H31N. The Balaban J connectivity index is 2.00. The predicted molar refractivity (Wildman–Crippen MR) is 119 cm³/mol. The van der Waals surface area contributed by atoms with Crippen LogP contribution in [0.15, 0.2) is 72.8 Å². The number of hydrogen-bond donors (Lipinski definition) is 1. The Morgan fingerprint density at radius 2 is 1.15 bits per heavy atom. The minimum atomic E-state index is 0.121. The summed E-state index contributed by atoms with van der Waals surface area (Å²) in [4.78, 5) is 0. The molecule has 1 nitrogen and oxygen atoms in total. The van der Waals surface area contributed by atoms with E-state index in [9.17, 15) is 0 Å². The number of nitrogens with one attached hydrogen (secondary N) is 1. The molecule has 0 unspecified atom stereocenters. The third kappa shape index (κ3) is 4.60. The van der Waals surface area contributed by atoms with Crippen molar-refractivity contribution in [2.75, 3.05) is 5.32 Å². The van der Waals surface area contributed by atoms with Gasteiger partial charge in [0.1, 0.15) is 0 Å². The van der Waals surface area contributed by atoms with Crippen molar-refractivity contribution in [1.29, 1.82) is 0 Å². The van der Waals surface area contributed by atoms with Crippen LogP contribution in [0, 0.1) is 0 Å². The molecule has 0 saturated carbocycles. The van der Waals surface area contributed by atoms with Crippen molar-refractivity contribution in [3.05, 3.63) is 83.9 Å². The van der Waals surface area contributed by atoms with Crippen LogP contribution in [-0.2, 0) is 10.8 Å². The van der Waals surface area contributed by atoms with Crippen LogP contribution in [0.2, 0.25) is 0 Å². The van der Waals surface area contributed by atoms with Gasteiger partial charge in [0.2, 0.25) is 0 Å². The second kappa shape index (κ2) is 7.23. The summed E-state index contributed by atoms with van der Waals surface area (Å²) < 4.78 is 0. The van der Waals surface area contributed by atoms with Gasteiger partial charge in [-0.2, -0.15) is 0 Å². The second-order valence-electron chi connectivity index (χ2n) is 9.33. The quantitative estimate of drug-likeness (QED) is 0.506. The highest BCUT2D eigenvalue weighted by Gasteiger charge is 2.17. The van der Waals surface area contributed by atoms with Crippen molar-refractivity contribution in [3.8, 4) is 11.1 Å². The van der Waals surface area contributed by atoms with Crippen molar-refractivity contribution < 1.29 is 0 Å². The molecule has 0 radical (unpaired) electrons. The zero-order chi connectivity index (χ0) is 19.7. The summed E-state index contributed by atoms with van der Waals surface area (Å²) in [5.74, 6) is 0. The molecule has 3 aromatic rings. The molecule has 0 aliphatic carbocycles. The largest absolute Gasteiger partial charge is 0.355 e. The van der Waals surface area contributed by atoms with E-state index in [2.05, 4.69) is 120 Å². The lowest BCUT2D eigenvalue weighted by Gasteiger charge is -2.22. The molecule has 0 amide bonds. The van der Waals surface area contributed by atoms with Gasteiger partial charge >= 0.3 is 0 Å². The number of hydrogen-bond acceptors (Lipinski definition) is 1. The molecule has 0 aliphatic rings. The van der Waals surface area contributed by atoms with Crippen molar-refractivity contribution >= 4 is 11.4 Å². The summed E-state index contributed by atoms with van der Waals surface area (Å²) in [6, 6.07) is 26.2. The maximum atomic E-state index is 3.63. The van der Waals surface area contributed by atoms with Crippen LogP contribution < -0.4 is 5.32 Å². The topological polar surface area (TPSA) is 12.0 Å². The molecule has 0 fully saturated rings. The molecule has 27 heavy (non-hydrogen) atoms. The molecule has 1 N–H and O–H groups in total. The highest BCUT2D eigenvalue weighted by atomic mass is 14.9. The molecule has 0 spiro atoms. The molecule has 1 heteroatoms. The van der Waals surface area contributed by atoms with E-state index in [4.69, 9.17) is 0 Å². The van der Waals surface area contributed by atoms with E-state index in [-0.39, 0.29) is 10.8 Å². The summed E-state index contributed by atoms with van der Waals surface area (Å²) in [5, 5.41) is 3.63. The van der Waals surface area contributed by atoms with Gasteiger partial charge in [0.25, 0.3) is 0 Å². The van der Waals surface area contributed by atoms with E-state index in [0.717, 1.165) is 11.4 Å². The summed E-state index contributed by atoms with van der Waals surface area (Å²) in [5.41, 5.74) is 7.70. The van der Waals surface area contributed by atoms with Gasteiger partial charge in [-0.15, -0.1) is 0 Å². The molecule has 140 valence electrons. The first-order chi connectivity index (χ1) is 12.6. The first kappa shape index (κ1) is 19.2. The Hall–Kier alpha value is -2.54. The number of anilines is 2. The van der Waals surface area contributed by atoms with E-state index in [1.807, 2.05) is 0 Å². The number of benzene rings is 3. The number of rotatable bonds is 3. The van der Waals surface area contributed by atoms with Crippen LogP contribution in [0.1, 0.15) is 52.7 Å². The van der Waals surface area contributed by atoms with Gasteiger partial charge in [-0.3, -0.25) is 0 Å². The summed E-state index contributed by atoms with van der Waals surface area (Å²) in [6.07, 6.45) is 0. The Bertz CT molecular complexity index is 892. The predicted octanol–water partition coefficient (Wildman–Crippen LogP) is 7.69. The maximum absolute atomic E-state index is 3.63. The van der Waals surface area contributed by atoms with Gasteiger partial charge in [-0.1, -0.05) is 90.1 Å². The van der Waals surface area contributed by atoms with Crippen LogP contribution in [0.25, 0.3) is 11.1 Å². The Kier molecular flexibility index (Phi) is 5.15. The Morgan fingerprint density at radius 3 is 1.70 bits per heavy atom. The highest BCUT2D eigenvalue weighted by molar-refractivity contribution is 5.81. The standard InChI is InChI=1S/C26H31N/c1-25(2,3)20-12-15-22(16-13-20)27-24-17-14-21(26(4,5)6)18-23(24)19-10-8-7-9-11-19/h7-18,27H,1-6H3. The lowest BCUT2D eigenvalue weighted by atomic mass is 9.85.